The molecule has 0 aliphatic rings. The largest absolute Gasteiger partial charge is 0.490 e. The minimum Gasteiger partial charge on any atom is -0.462 e. The number of hydrogen-bond acceptors (Lipinski definition) is 16. The van der Waals surface area contributed by atoms with E-state index in [0.29, 0.717) is 34.1 Å². The average Bonchev–Trinajstić information content (AvgIpc) is 3.32. The lowest BCUT2D eigenvalue weighted by Gasteiger charge is -2.23. The van der Waals surface area contributed by atoms with E-state index in [4.69, 9.17) is 49.1 Å². The highest BCUT2D eigenvalue weighted by Gasteiger charge is 2.27. The highest BCUT2D eigenvalue weighted by Crippen LogP contribution is 2.50. The molecule has 0 aliphatic carbocycles. The lowest BCUT2D eigenvalue weighted by atomic mass is 10.1. The van der Waals surface area contributed by atoms with Gasteiger partial charge in [-0.15, -0.1) is 23.5 Å². The van der Waals surface area contributed by atoms with Crippen molar-refractivity contribution in [1.82, 2.24) is 0 Å². The van der Waals surface area contributed by atoms with E-state index in [1.54, 1.807) is 96.3 Å². The van der Waals surface area contributed by atoms with E-state index in [1.165, 1.54) is 0 Å². The highest BCUT2D eigenvalue weighted by molar-refractivity contribution is 8.08. The standard InChI is InChI=1S/C48H46NO13PS3/c1-3-44(50)55-27-28-57-46(52)31-35-15-21-38(22-16-35)60-63(64,62-40-25-19-37(20-26-40)49-48(54)58-30-29-56-45(51)4-2)61-39-23-17-36(18-24-39)32-47(53)59-41(33-65-42-11-7-5-8-12-42)34-66-43-13-9-6-10-14-43/h3-26,41H,1-2,27-34H2,(H,49,54). The molecule has 0 bridgehead atoms. The first-order chi connectivity index (χ1) is 32.0. The molecule has 1 N–H and O–H groups in total. The van der Waals surface area contributed by atoms with Gasteiger partial charge in [0.15, 0.2) is 0 Å². The summed E-state index contributed by atoms with van der Waals surface area (Å²) in [6.07, 6.45) is 0.848. The molecule has 14 nitrogen and oxygen atoms in total. The van der Waals surface area contributed by atoms with Crippen molar-refractivity contribution >= 4 is 77.7 Å². The van der Waals surface area contributed by atoms with Crippen LogP contribution in [0.3, 0.4) is 0 Å². The number of rotatable bonds is 26. The SMILES string of the molecule is C=CC(=O)OCCOC(=O)Cc1ccc(OP(=S)(Oc2ccc(CC(=O)OC(CSc3ccccc3)CSc3ccccc3)cc2)Oc2ccc(NC(=O)OCCOC(=O)C=C)cc2)cc1. The molecule has 0 saturated carbocycles. The molecule has 5 aromatic rings. The zero-order chi connectivity index (χ0) is 47.0. The molecule has 0 aromatic heterocycles. The summed E-state index contributed by atoms with van der Waals surface area (Å²) in [5.41, 5.74) is 1.65. The van der Waals surface area contributed by atoms with Crippen molar-refractivity contribution in [3.05, 3.63) is 170 Å². The van der Waals surface area contributed by atoms with Crippen LogP contribution in [0.4, 0.5) is 10.5 Å². The summed E-state index contributed by atoms with van der Waals surface area (Å²) in [6.45, 7) is 2.38. The molecule has 0 heterocycles. The fourth-order valence-electron chi connectivity index (χ4n) is 5.36. The molecule has 1 unspecified atom stereocenters. The van der Waals surface area contributed by atoms with Gasteiger partial charge < -0.3 is 37.3 Å². The van der Waals surface area contributed by atoms with Crippen LogP contribution in [0.5, 0.6) is 17.2 Å². The summed E-state index contributed by atoms with van der Waals surface area (Å²) in [4.78, 5) is 62.5. The van der Waals surface area contributed by atoms with Crippen LogP contribution >= 0.6 is 30.2 Å². The van der Waals surface area contributed by atoms with Crippen molar-refractivity contribution in [2.75, 3.05) is 43.3 Å². The summed E-state index contributed by atoms with van der Waals surface area (Å²) in [5, 5.41) is 2.56. The van der Waals surface area contributed by atoms with Gasteiger partial charge in [-0.25, -0.2) is 14.4 Å². The molecule has 0 radical (unpaired) electrons. The summed E-state index contributed by atoms with van der Waals surface area (Å²) in [7, 11) is 0. The molecule has 0 saturated heterocycles. The van der Waals surface area contributed by atoms with Gasteiger partial charge in [0.05, 0.1) is 12.8 Å². The van der Waals surface area contributed by atoms with Crippen LogP contribution in [0.15, 0.2) is 169 Å². The van der Waals surface area contributed by atoms with Gasteiger partial charge in [-0.3, -0.25) is 14.9 Å². The zero-order valence-corrected chi connectivity index (χ0v) is 38.8. The molecule has 0 aliphatic heterocycles. The Balaban J connectivity index is 1.23. The van der Waals surface area contributed by atoms with Crippen LogP contribution in [0, 0.1) is 0 Å². The van der Waals surface area contributed by atoms with Gasteiger partial charge in [0.1, 0.15) is 49.8 Å². The molecule has 0 spiro atoms. The van der Waals surface area contributed by atoms with Crippen molar-refractivity contribution in [3.8, 4) is 17.2 Å². The monoisotopic (exact) mass is 971 g/mol. The molecule has 18 heteroatoms. The Labute approximate surface area is 396 Å². The molecule has 1 atom stereocenters. The van der Waals surface area contributed by atoms with Crippen LogP contribution < -0.4 is 18.9 Å². The maximum atomic E-state index is 13.3. The minimum atomic E-state index is -3.72. The number of anilines is 1. The predicted molar refractivity (Wildman–Crippen MR) is 255 cm³/mol. The van der Waals surface area contributed by atoms with E-state index in [-0.39, 0.29) is 62.8 Å². The smallest absolute Gasteiger partial charge is 0.462 e. The molecule has 66 heavy (non-hydrogen) atoms. The Morgan fingerprint density at radius 3 is 1.41 bits per heavy atom. The van der Waals surface area contributed by atoms with Gasteiger partial charge in [-0.2, -0.15) is 0 Å². The third-order valence-corrected chi connectivity index (χ3v) is 12.7. The maximum absolute atomic E-state index is 13.3. The maximum Gasteiger partial charge on any atom is 0.490 e. The fourth-order valence-corrected chi connectivity index (χ4v) is 9.37. The van der Waals surface area contributed by atoms with Gasteiger partial charge in [0, 0.05) is 50.9 Å². The first-order valence-electron chi connectivity index (χ1n) is 20.2. The zero-order valence-electron chi connectivity index (χ0n) is 35.5. The number of ether oxygens (including phenoxy) is 5. The Bertz CT molecular complexity index is 2290. The lowest BCUT2D eigenvalue weighted by Crippen LogP contribution is -2.24. The fraction of sp³-hybridized carbons (Fsp3) is 0.188. The number of thioether (sulfide) groups is 2. The molecular formula is C48H46NO13PS3. The molecule has 1 amide bonds. The second-order valence-electron chi connectivity index (χ2n) is 13.5. The van der Waals surface area contributed by atoms with Crippen molar-refractivity contribution in [3.63, 3.8) is 0 Å². The van der Waals surface area contributed by atoms with E-state index in [0.717, 1.165) is 21.9 Å². The lowest BCUT2D eigenvalue weighted by molar-refractivity contribution is -0.149. The molecule has 344 valence electrons. The minimum absolute atomic E-state index is 0.0172. The molecular weight excluding hydrogens is 926 g/mol. The summed E-state index contributed by atoms with van der Waals surface area (Å²) >= 11 is 9.17. The second-order valence-corrected chi connectivity index (χ2v) is 18.4. The Kier molecular flexibility index (Phi) is 20.7. The normalized spacial score (nSPS) is 11.5. The van der Waals surface area contributed by atoms with E-state index in [1.807, 2.05) is 60.7 Å². The first kappa shape index (κ1) is 50.5. The first-order valence-corrected chi connectivity index (χ1v) is 24.7. The van der Waals surface area contributed by atoms with Crippen LogP contribution in [-0.4, -0.2) is 74.0 Å². The summed E-state index contributed by atoms with van der Waals surface area (Å²) in [5.74, 6) is -0.176. The number of hydrogen-bond donors (Lipinski definition) is 1. The highest BCUT2D eigenvalue weighted by atomic mass is 32.5. The summed E-state index contributed by atoms with van der Waals surface area (Å²) in [6, 6.07) is 39.3. The number of carbonyl (C=O) groups excluding carboxylic acids is 5. The van der Waals surface area contributed by atoms with Crippen LogP contribution in [0.2, 0.25) is 0 Å². The Morgan fingerprint density at radius 2 is 0.955 bits per heavy atom. The Morgan fingerprint density at radius 1 is 0.545 bits per heavy atom. The van der Waals surface area contributed by atoms with Crippen molar-refractivity contribution in [2.24, 2.45) is 0 Å². The molecule has 5 aromatic carbocycles. The van der Waals surface area contributed by atoms with Crippen molar-refractivity contribution in [2.45, 2.75) is 28.7 Å². The van der Waals surface area contributed by atoms with Gasteiger partial charge in [0.2, 0.25) is 0 Å². The molecule has 0 fully saturated rings. The number of benzene rings is 5. The van der Waals surface area contributed by atoms with Crippen molar-refractivity contribution in [1.29, 1.82) is 0 Å². The third-order valence-electron chi connectivity index (χ3n) is 8.44. The van der Waals surface area contributed by atoms with Gasteiger partial charge >= 0.3 is 36.7 Å². The second kappa shape index (κ2) is 27.1. The van der Waals surface area contributed by atoms with Crippen LogP contribution in [0.25, 0.3) is 0 Å². The number of amides is 1. The quantitative estimate of drug-likeness (QED) is 0.0139. The van der Waals surface area contributed by atoms with E-state index in [2.05, 4.69) is 18.5 Å². The van der Waals surface area contributed by atoms with E-state index < -0.39 is 30.7 Å². The van der Waals surface area contributed by atoms with Gasteiger partial charge in [-0.1, -0.05) is 73.8 Å². The predicted octanol–water partition coefficient (Wildman–Crippen LogP) is 9.58. The van der Waals surface area contributed by atoms with E-state index in [9.17, 15) is 24.0 Å². The van der Waals surface area contributed by atoms with Crippen LogP contribution in [-0.2, 0) is 67.5 Å². The van der Waals surface area contributed by atoms with Gasteiger partial charge in [-0.05, 0) is 83.9 Å². The van der Waals surface area contributed by atoms with E-state index >= 15 is 0 Å². The summed E-state index contributed by atoms with van der Waals surface area (Å²) < 4.78 is 44.4. The Hall–Kier alpha value is -6.52. The number of nitrogens with one attached hydrogen (secondary N) is 1. The number of esters is 4. The van der Waals surface area contributed by atoms with Gasteiger partial charge in [0.25, 0.3) is 0 Å². The number of carbonyl (C=O) groups is 5. The topological polar surface area (TPSA) is 171 Å². The van der Waals surface area contributed by atoms with Crippen molar-refractivity contribution < 1.29 is 61.2 Å². The average molecular weight is 972 g/mol. The van der Waals surface area contributed by atoms with Crippen LogP contribution in [0.1, 0.15) is 11.1 Å². The third kappa shape index (κ3) is 18.9. The molecule has 5 rings (SSSR count).